The number of aryl methyl sites for hydroxylation is 1. The molecule has 1 aromatic heterocycles. The molecule has 0 saturated carbocycles. The normalized spacial score (nSPS) is 16.5. The molecule has 0 bridgehead atoms. The molecule has 0 aliphatic carbocycles. The van der Waals surface area contributed by atoms with E-state index in [9.17, 15) is 9.59 Å². The molecule has 0 radical (unpaired) electrons. The van der Waals surface area contributed by atoms with Crippen LogP contribution in [-0.4, -0.2) is 22.6 Å². The molecule has 1 aliphatic heterocycles. The van der Waals surface area contributed by atoms with Crippen LogP contribution in [0.2, 0.25) is 0 Å². The minimum absolute atomic E-state index is 0. The average molecular weight is 486 g/mol. The average Bonchev–Trinajstić information content (AvgIpc) is 3.07. The molecule has 35 heavy (non-hydrogen) atoms. The van der Waals surface area contributed by atoms with E-state index in [-0.39, 0.29) is 25.4 Å². The van der Waals surface area contributed by atoms with Gasteiger partial charge in [0.15, 0.2) is 0 Å². The first-order valence-corrected chi connectivity index (χ1v) is 11.2. The number of hydrogen-bond acceptors (Lipinski definition) is 4. The van der Waals surface area contributed by atoms with Crippen molar-refractivity contribution in [3.05, 3.63) is 102 Å². The number of nitrogens with zero attached hydrogens (tertiary/aromatic N) is 2. The minimum atomic E-state index is -0.708. The van der Waals surface area contributed by atoms with Gasteiger partial charge in [-0.05, 0) is 68.3 Å². The zero-order chi connectivity index (χ0) is 23.9. The molecule has 7 heteroatoms. The third-order valence-corrected chi connectivity index (χ3v) is 6.24. The number of pyridine rings is 1. The molecular formula is C28H27N3O3S. The molecular weight excluding hydrogens is 458 g/mol. The second-order valence-electron chi connectivity index (χ2n) is 8.98. The zero-order valence-electron chi connectivity index (χ0n) is 19.8. The van der Waals surface area contributed by atoms with E-state index in [1.807, 2.05) is 75.4 Å². The third-order valence-electron chi connectivity index (χ3n) is 6.24. The van der Waals surface area contributed by atoms with Crippen LogP contribution in [0.15, 0.2) is 85.1 Å². The molecule has 1 saturated heterocycles. The Morgan fingerprint density at radius 3 is 2.43 bits per heavy atom. The van der Waals surface area contributed by atoms with Crippen molar-refractivity contribution in [1.82, 2.24) is 4.98 Å². The molecule has 4 aromatic rings. The first-order valence-electron chi connectivity index (χ1n) is 11.2. The Hall–Kier alpha value is -3.84. The molecule has 2 heterocycles. The number of amides is 2. The van der Waals surface area contributed by atoms with Crippen LogP contribution in [0.25, 0.3) is 10.9 Å². The summed E-state index contributed by atoms with van der Waals surface area (Å²) in [5.74, 6) is -0.246. The number of fused-ring (bicyclic) bond motifs is 1. The lowest BCUT2D eigenvalue weighted by atomic mass is 9.88. The SMILES string of the molecule is Cc1ccccc1[C@@H]1N(c2ccc(C(=O)Nc3cccc4cccnc34)cc2)C(=O)OC1(C)C.S. The van der Waals surface area contributed by atoms with Crippen molar-refractivity contribution >= 4 is 47.8 Å². The number of hydrogen-bond donors (Lipinski definition) is 1. The highest BCUT2D eigenvalue weighted by Crippen LogP contribution is 2.44. The number of anilines is 2. The summed E-state index contributed by atoms with van der Waals surface area (Å²) in [6.07, 6.45) is 1.30. The maximum Gasteiger partial charge on any atom is 0.415 e. The first-order chi connectivity index (χ1) is 16.3. The van der Waals surface area contributed by atoms with Gasteiger partial charge in [0.25, 0.3) is 5.91 Å². The molecule has 2 amide bonds. The van der Waals surface area contributed by atoms with E-state index in [1.54, 1.807) is 35.4 Å². The van der Waals surface area contributed by atoms with E-state index >= 15 is 0 Å². The highest BCUT2D eigenvalue weighted by atomic mass is 32.1. The topological polar surface area (TPSA) is 71.5 Å². The summed E-state index contributed by atoms with van der Waals surface area (Å²) in [5, 5.41) is 3.90. The first kappa shape index (κ1) is 24.3. The summed E-state index contributed by atoms with van der Waals surface area (Å²) < 4.78 is 5.74. The second-order valence-corrected chi connectivity index (χ2v) is 8.98. The Bertz CT molecular complexity index is 1400. The standard InChI is InChI=1S/C28H25N3O3.H2S/c1-18-8-4-5-11-22(18)25-28(2,3)34-27(33)31(25)21-15-13-20(14-16-21)26(32)30-23-12-6-9-19-10-7-17-29-24(19)23;/h4-17,25H,1-3H3,(H,30,32);1H2/t25-;/m0./s1. The van der Waals surface area contributed by atoms with Crippen molar-refractivity contribution in [3.8, 4) is 0 Å². The number of ether oxygens (including phenoxy) is 1. The number of carbonyl (C=O) groups excluding carboxylic acids is 2. The van der Waals surface area contributed by atoms with Crippen molar-refractivity contribution in [1.29, 1.82) is 0 Å². The van der Waals surface area contributed by atoms with Crippen molar-refractivity contribution in [3.63, 3.8) is 0 Å². The maximum atomic E-state index is 12.9. The predicted octanol–water partition coefficient (Wildman–Crippen LogP) is 6.38. The van der Waals surface area contributed by atoms with Gasteiger partial charge >= 0.3 is 6.09 Å². The van der Waals surface area contributed by atoms with E-state index in [0.717, 1.165) is 22.0 Å². The maximum absolute atomic E-state index is 12.9. The lowest BCUT2D eigenvalue weighted by molar-refractivity contribution is 0.0683. The fraction of sp³-hybridized carbons (Fsp3) is 0.179. The Kier molecular flexibility index (Phi) is 6.54. The van der Waals surface area contributed by atoms with Gasteiger partial charge in [0.1, 0.15) is 11.6 Å². The van der Waals surface area contributed by atoms with Crippen molar-refractivity contribution in [2.45, 2.75) is 32.4 Å². The van der Waals surface area contributed by atoms with Gasteiger partial charge in [0.2, 0.25) is 0 Å². The quantitative estimate of drug-likeness (QED) is 0.364. The predicted molar refractivity (Wildman–Crippen MR) is 143 cm³/mol. The molecule has 0 spiro atoms. The highest BCUT2D eigenvalue weighted by Gasteiger charge is 2.49. The number of aromatic nitrogens is 1. The molecule has 1 aliphatic rings. The van der Waals surface area contributed by atoms with Gasteiger partial charge in [0, 0.05) is 22.8 Å². The van der Waals surface area contributed by atoms with Crippen LogP contribution < -0.4 is 10.2 Å². The summed E-state index contributed by atoms with van der Waals surface area (Å²) in [6, 6.07) is 24.2. The van der Waals surface area contributed by atoms with E-state index in [2.05, 4.69) is 10.3 Å². The van der Waals surface area contributed by atoms with Gasteiger partial charge in [-0.25, -0.2) is 4.79 Å². The lowest BCUT2D eigenvalue weighted by Gasteiger charge is -2.30. The van der Waals surface area contributed by atoms with Gasteiger partial charge in [-0.2, -0.15) is 13.5 Å². The smallest absolute Gasteiger partial charge is 0.415 e. The number of rotatable bonds is 4. The van der Waals surface area contributed by atoms with Crippen LogP contribution in [0.5, 0.6) is 0 Å². The molecule has 6 nitrogen and oxygen atoms in total. The molecule has 178 valence electrons. The molecule has 1 atom stereocenters. The van der Waals surface area contributed by atoms with Crippen LogP contribution in [0.1, 0.15) is 41.4 Å². The van der Waals surface area contributed by atoms with Gasteiger partial charge in [-0.3, -0.25) is 14.7 Å². The molecule has 1 N–H and O–H groups in total. The Balaban J connectivity index is 0.00000289. The van der Waals surface area contributed by atoms with Crippen LogP contribution in [0, 0.1) is 6.92 Å². The molecule has 5 rings (SSSR count). The van der Waals surface area contributed by atoms with Gasteiger partial charge in [-0.1, -0.05) is 42.5 Å². The lowest BCUT2D eigenvalue weighted by Crippen LogP contribution is -2.34. The van der Waals surface area contributed by atoms with Crippen LogP contribution in [-0.2, 0) is 4.74 Å². The number of cyclic esters (lactones) is 1. The minimum Gasteiger partial charge on any atom is -0.441 e. The van der Waals surface area contributed by atoms with Gasteiger partial charge < -0.3 is 10.1 Å². The molecule has 0 unspecified atom stereocenters. The van der Waals surface area contributed by atoms with Crippen molar-refractivity contribution in [2.75, 3.05) is 10.2 Å². The summed E-state index contributed by atoms with van der Waals surface area (Å²) in [6.45, 7) is 5.87. The Morgan fingerprint density at radius 1 is 0.971 bits per heavy atom. The second kappa shape index (κ2) is 9.43. The largest absolute Gasteiger partial charge is 0.441 e. The van der Waals surface area contributed by atoms with Crippen LogP contribution in [0.4, 0.5) is 16.2 Å². The van der Waals surface area contributed by atoms with Gasteiger partial charge in [-0.15, -0.1) is 0 Å². The fourth-order valence-corrected chi connectivity index (χ4v) is 4.58. The monoisotopic (exact) mass is 485 g/mol. The van der Waals surface area contributed by atoms with Crippen LogP contribution >= 0.6 is 13.5 Å². The summed E-state index contributed by atoms with van der Waals surface area (Å²) in [4.78, 5) is 31.9. The third kappa shape index (κ3) is 4.47. The summed E-state index contributed by atoms with van der Waals surface area (Å²) >= 11 is 0. The fourth-order valence-electron chi connectivity index (χ4n) is 4.58. The zero-order valence-corrected chi connectivity index (χ0v) is 20.8. The van der Waals surface area contributed by atoms with Gasteiger partial charge in [0.05, 0.1) is 11.2 Å². The summed E-state index contributed by atoms with van der Waals surface area (Å²) in [7, 11) is 0. The molecule has 1 fully saturated rings. The van der Waals surface area contributed by atoms with E-state index < -0.39 is 11.7 Å². The summed E-state index contributed by atoms with van der Waals surface area (Å²) in [5.41, 5.74) is 3.95. The Morgan fingerprint density at radius 2 is 1.69 bits per heavy atom. The number of nitrogens with one attached hydrogen (secondary N) is 1. The molecule has 3 aromatic carbocycles. The van der Waals surface area contributed by atoms with Crippen LogP contribution in [0.3, 0.4) is 0 Å². The van der Waals surface area contributed by atoms with E-state index in [4.69, 9.17) is 4.74 Å². The highest BCUT2D eigenvalue weighted by molar-refractivity contribution is 7.59. The Labute approximate surface area is 211 Å². The van der Waals surface area contributed by atoms with E-state index in [1.165, 1.54) is 0 Å². The number of benzene rings is 3. The van der Waals surface area contributed by atoms with Crippen molar-refractivity contribution < 1.29 is 14.3 Å². The van der Waals surface area contributed by atoms with Crippen molar-refractivity contribution in [2.24, 2.45) is 0 Å². The van der Waals surface area contributed by atoms with E-state index in [0.29, 0.717) is 16.9 Å². The number of carbonyl (C=O) groups is 2. The number of para-hydroxylation sites is 1.